The third-order valence-electron chi connectivity index (χ3n) is 6.94. The first kappa shape index (κ1) is 26.4. The fourth-order valence-electron chi connectivity index (χ4n) is 4.96. The van der Waals surface area contributed by atoms with Gasteiger partial charge in [-0.05, 0) is 61.4 Å². The second-order valence-electron chi connectivity index (χ2n) is 9.56. The van der Waals surface area contributed by atoms with Crippen LogP contribution in [0, 0.1) is 0 Å². The number of carboxylic acid groups (broad SMARTS) is 1. The quantitative estimate of drug-likeness (QED) is 0.220. The highest BCUT2D eigenvalue weighted by atomic mass is 16.5. The second kappa shape index (κ2) is 13.1. The Hall–Kier alpha value is -3.64. The van der Waals surface area contributed by atoms with Gasteiger partial charge in [-0.3, -0.25) is 9.59 Å². The lowest BCUT2D eigenvalue weighted by atomic mass is 10.0. The van der Waals surface area contributed by atoms with Crippen molar-refractivity contribution in [3.8, 4) is 16.9 Å². The molecule has 4 rings (SSSR count). The number of ether oxygens (including phenoxy) is 1. The van der Waals surface area contributed by atoms with E-state index in [1.807, 2.05) is 72.8 Å². The van der Waals surface area contributed by atoms with Crippen LogP contribution in [-0.2, 0) is 4.79 Å². The van der Waals surface area contributed by atoms with E-state index in [1.54, 1.807) is 11.0 Å². The minimum absolute atomic E-state index is 0.0413. The summed E-state index contributed by atoms with van der Waals surface area (Å²) in [7, 11) is 0. The van der Waals surface area contributed by atoms with Crippen LogP contribution < -0.4 is 4.74 Å². The topological polar surface area (TPSA) is 87.1 Å². The average Bonchev–Trinajstić information content (AvgIpc) is 3.46. The zero-order chi connectivity index (χ0) is 26.0. The molecule has 3 aromatic carbocycles. The maximum atomic E-state index is 13.8. The molecule has 0 bridgehead atoms. The van der Waals surface area contributed by atoms with Gasteiger partial charge in [0.2, 0.25) is 0 Å². The van der Waals surface area contributed by atoms with E-state index >= 15 is 0 Å². The average molecular weight is 502 g/mol. The highest BCUT2D eigenvalue weighted by Crippen LogP contribution is 2.35. The Morgan fingerprint density at radius 1 is 0.838 bits per heavy atom. The van der Waals surface area contributed by atoms with Crippen LogP contribution in [0.25, 0.3) is 11.1 Å². The largest absolute Gasteiger partial charge is 0.493 e. The monoisotopic (exact) mass is 501 g/mol. The zero-order valence-corrected chi connectivity index (χ0v) is 21.1. The summed E-state index contributed by atoms with van der Waals surface area (Å²) in [6.45, 7) is 0.418. The van der Waals surface area contributed by atoms with Crippen molar-refractivity contribution in [3.63, 3.8) is 0 Å². The Morgan fingerprint density at radius 2 is 1.49 bits per heavy atom. The number of hydrogen-bond acceptors (Lipinski definition) is 4. The lowest BCUT2D eigenvalue weighted by molar-refractivity contribution is -0.137. The summed E-state index contributed by atoms with van der Waals surface area (Å²) >= 11 is 0. The predicted molar refractivity (Wildman–Crippen MR) is 143 cm³/mol. The molecule has 3 aromatic rings. The number of carbonyl (C=O) groups is 2. The van der Waals surface area contributed by atoms with E-state index in [2.05, 4.69) is 0 Å². The van der Waals surface area contributed by atoms with Crippen LogP contribution in [-0.4, -0.2) is 39.6 Å². The minimum atomic E-state index is -1.13. The molecule has 1 aliphatic carbocycles. The van der Waals surface area contributed by atoms with Crippen LogP contribution in [0.4, 0.5) is 0 Å². The van der Waals surface area contributed by atoms with Crippen LogP contribution in [0.3, 0.4) is 0 Å². The molecule has 0 aromatic heterocycles. The molecule has 1 unspecified atom stereocenters. The fourth-order valence-corrected chi connectivity index (χ4v) is 4.96. The summed E-state index contributed by atoms with van der Waals surface area (Å²) < 4.78 is 5.98. The van der Waals surface area contributed by atoms with Crippen LogP contribution >= 0.6 is 0 Å². The summed E-state index contributed by atoms with van der Waals surface area (Å²) in [6.07, 6.45) is 4.88. The van der Waals surface area contributed by atoms with Gasteiger partial charge >= 0.3 is 5.97 Å². The van der Waals surface area contributed by atoms with Gasteiger partial charge in [-0.15, -0.1) is 0 Å². The molecule has 6 heteroatoms. The summed E-state index contributed by atoms with van der Waals surface area (Å²) in [6, 6.07) is 24.8. The standard InChI is InChI=1S/C31H35NO5/c33-29(34)17-5-2-10-22-37-28-16-9-8-15-27(28)31(36)32(26-13-6-7-14-26)30(35)25-20-18-24(19-21-25)23-11-3-1-4-12-23/h1,3-4,8-9,11-12,15-16,18-21,26,31,36H,2,5-7,10,13-14,17,22H2,(H,33,34). The van der Waals surface area contributed by atoms with E-state index in [0.29, 0.717) is 29.9 Å². The minimum Gasteiger partial charge on any atom is -0.493 e. The summed E-state index contributed by atoms with van der Waals surface area (Å²) in [5, 5.41) is 20.3. The normalized spacial score (nSPS) is 14.3. The Balaban J connectivity index is 1.50. The molecule has 37 heavy (non-hydrogen) atoms. The number of aliphatic hydroxyl groups is 1. The molecular formula is C31H35NO5. The fraction of sp³-hybridized carbons (Fsp3) is 0.355. The number of aliphatic carboxylic acids is 1. The SMILES string of the molecule is O=C(O)CCCCCOc1ccccc1C(O)N(C(=O)c1ccc(-c2ccccc2)cc1)C1CCCC1. The van der Waals surface area contributed by atoms with Gasteiger partial charge in [0, 0.05) is 23.6 Å². The number of benzene rings is 3. The Morgan fingerprint density at radius 3 is 2.19 bits per heavy atom. The van der Waals surface area contributed by atoms with E-state index in [-0.39, 0.29) is 18.4 Å². The van der Waals surface area contributed by atoms with Crippen molar-refractivity contribution in [2.24, 2.45) is 0 Å². The van der Waals surface area contributed by atoms with Gasteiger partial charge in [-0.1, -0.05) is 73.5 Å². The zero-order valence-electron chi connectivity index (χ0n) is 21.1. The van der Waals surface area contributed by atoms with E-state index in [4.69, 9.17) is 9.84 Å². The van der Waals surface area contributed by atoms with Gasteiger partial charge in [-0.25, -0.2) is 0 Å². The van der Waals surface area contributed by atoms with Crippen molar-refractivity contribution < 1.29 is 24.5 Å². The first-order valence-electron chi connectivity index (χ1n) is 13.1. The first-order chi connectivity index (χ1) is 18.0. The molecule has 0 aliphatic heterocycles. The van der Waals surface area contributed by atoms with Crippen molar-refractivity contribution >= 4 is 11.9 Å². The molecule has 1 aliphatic rings. The highest BCUT2D eigenvalue weighted by molar-refractivity contribution is 5.95. The number of carboxylic acids is 1. The van der Waals surface area contributed by atoms with E-state index in [9.17, 15) is 14.7 Å². The van der Waals surface area contributed by atoms with Crippen LogP contribution in [0.15, 0.2) is 78.9 Å². The Bertz CT molecular complexity index is 1160. The third-order valence-corrected chi connectivity index (χ3v) is 6.94. The van der Waals surface area contributed by atoms with E-state index in [0.717, 1.165) is 49.7 Å². The van der Waals surface area contributed by atoms with Crippen LogP contribution in [0.1, 0.15) is 73.5 Å². The molecule has 0 spiro atoms. The van der Waals surface area contributed by atoms with Gasteiger partial charge in [0.1, 0.15) is 5.75 Å². The summed E-state index contributed by atoms with van der Waals surface area (Å²) in [5.74, 6) is -0.438. The number of unbranched alkanes of at least 4 members (excludes halogenated alkanes) is 2. The lowest BCUT2D eigenvalue weighted by Crippen LogP contribution is -2.42. The Labute approximate surface area is 218 Å². The van der Waals surface area contributed by atoms with Crippen LogP contribution in [0.5, 0.6) is 5.75 Å². The Kier molecular flexibility index (Phi) is 9.33. The smallest absolute Gasteiger partial charge is 0.303 e. The molecule has 1 amide bonds. The van der Waals surface area contributed by atoms with Crippen molar-refractivity contribution in [2.45, 2.75) is 63.6 Å². The molecule has 0 radical (unpaired) electrons. The number of nitrogens with zero attached hydrogens (tertiary/aromatic N) is 1. The number of amides is 1. The number of rotatable bonds is 12. The molecule has 1 atom stereocenters. The van der Waals surface area contributed by atoms with Crippen molar-refractivity contribution in [1.29, 1.82) is 0 Å². The van der Waals surface area contributed by atoms with Gasteiger partial charge in [0.25, 0.3) is 5.91 Å². The molecular weight excluding hydrogens is 466 g/mol. The molecule has 0 saturated heterocycles. The van der Waals surface area contributed by atoms with Crippen molar-refractivity contribution in [2.75, 3.05) is 6.61 Å². The van der Waals surface area contributed by atoms with Gasteiger partial charge in [0.15, 0.2) is 6.23 Å². The van der Waals surface area contributed by atoms with Gasteiger partial charge < -0.3 is 19.8 Å². The van der Waals surface area contributed by atoms with Crippen molar-refractivity contribution in [1.82, 2.24) is 4.90 Å². The number of hydrogen-bond donors (Lipinski definition) is 2. The second-order valence-corrected chi connectivity index (χ2v) is 9.56. The molecule has 1 saturated carbocycles. The number of aliphatic hydroxyl groups excluding tert-OH is 1. The number of para-hydroxylation sites is 1. The highest BCUT2D eigenvalue weighted by Gasteiger charge is 2.34. The lowest BCUT2D eigenvalue weighted by Gasteiger charge is -2.34. The summed E-state index contributed by atoms with van der Waals surface area (Å²) in [4.78, 5) is 26.1. The third kappa shape index (κ3) is 6.98. The van der Waals surface area contributed by atoms with E-state index < -0.39 is 12.2 Å². The first-order valence-corrected chi connectivity index (χ1v) is 13.1. The number of carbonyl (C=O) groups excluding carboxylic acids is 1. The maximum Gasteiger partial charge on any atom is 0.303 e. The van der Waals surface area contributed by atoms with Gasteiger partial charge in [-0.2, -0.15) is 0 Å². The maximum absolute atomic E-state index is 13.8. The molecule has 6 nitrogen and oxygen atoms in total. The molecule has 1 fully saturated rings. The predicted octanol–water partition coefficient (Wildman–Crippen LogP) is 6.45. The van der Waals surface area contributed by atoms with Crippen LogP contribution in [0.2, 0.25) is 0 Å². The molecule has 194 valence electrons. The molecule has 0 heterocycles. The molecule has 2 N–H and O–H groups in total. The van der Waals surface area contributed by atoms with Crippen molar-refractivity contribution in [3.05, 3.63) is 90.0 Å². The summed E-state index contributed by atoms with van der Waals surface area (Å²) in [5.41, 5.74) is 3.23. The van der Waals surface area contributed by atoms with E-state index in [1.165, 1.54) is 0 Å². The van der Waals surface area contributed by atoms with Gasteiger partial charge in [0.05, 0.1) is 6.61 Å².